The van der Waals surface area contributed by atoms with Crippen LogP contribution in [0, 0.1) is 5.92 Å². The van der Waals surface area contributed by atoms with Crippen molar-refractivity contribution in [3.8, 4) is 0 Å². The Morgan fingerprint density at radius 2 is 1.72 bits per heavy atom. The SMILES string of the molecule is CC(C)C1(Nc2ncc(C(=O)NO)cn2)CCN(OC(=O)c2ccccc2)CC1. The zero-order valence-electron chi connectivity index (χ0n) is 16.5. The van der Waals surface area contributed by atoms with E-state index in [0.29, 0.717) is 24.6 Å². The van der Waals surface area contributed by atoms with Crippen molar-refractivity contribution in [2.45, 2.75) is 32.2 Å². The van der Waals surface area contributed by atoms with Crippen molar-refractivity contribution < 1.29 is 19.6 Å². The summed E-state index contributed by atoms with van der Waals surface area (Å²) in [5.41, 5.74) is 1.97. The molecule has 1 aliphatic rings. The minimum atomic E-state index is -0.663. The fourth-order valence-electron chi connectivity index (χ4n) is 3.36. The molecule has 2 heterocycles. The van der Waals surface area contributed by atoms with Gasteiger partial charge in [-0.15, -0.1) is 5.06 Å². The van der Waals surface area contributed by atoms with E-state index in [1.54, 1.807) is 34.8 Å². The van der Waals surface area contributed by atoms with Gasteiger partial charge in [-0.2, -0.15) is 0 Å². The third kappa shape index (κ3) is 4.87. The van der Waals surface area contributed by atoms with Gasteiger partial charge in [0, 0.05) is 31.0 Å². The molecule has 154 valence electrons. The lowest BCUT2D eigenvalue weighted by atomic mass is 9.78. The highest BCUT2D eigenvalue weighted by Gasteiger charge is 2.39. The Morgan fingerprint density at radius 1 is 1.10 bits per heavy atom. The predicted molar refractivity (Wildman–Crippen MR) is 105 cm³/mol. The van der Waals surface area contributed by atoms with E-state index in [1.165, 1.54) is 12.4 Å². The van der Waals surface area contributed by atoms with Crippen LogP contribution in [0.1, 0.15) is 47.4 Å². The van der Waals surface area contributed by atoms with E-state index in [-0.39, 0.29) is 23.0 Å². The summed E-state index contributed by atoms with van der Waals surface area (Å²) in [6.45, 7) is 5.39. The molecule has 9 nitrogen and oxygen atoms in total. The van der Waals surface area contributed by atoms with Gasteiger partial charge in [-0.1, -0.05) is 32.0 Å². The van der Waals surface area contributed by atoms with Crippen LogP contribution in [-0.2, 0) is 4.84 Å². The van der Waals surface area contributed by atoms with Crippen LogP contribution in [0.3, 0.4) is 0 Å². The molecule has 3 rings (SSSR count). The van der Waals surface area contributed by atoms with Gasteiger partial charge in [0.05, 0.1) is 11.1 Å². The molecule has 1 fully saturated rings. The van der Waals surface area contributed by atoms with Crippen molar-refractivity contribution in [1.29, 1.82) is 0 Å². The van der Waals surface area contributed by atoms with E-state index in [1.807, 2.05) is 6.07 Å². The van der Waals surface area contributed by atoms with Crippen molar-refractivity contribution in [3.05, 3.63) is 53.9 Å². The molecule has 1 saturated heterocycles. The first kappa shape index (κ1) is 20.7. The second kappa shape index (κ2) is 8.97. The van der Waals surface area contributed by atoms with Gasteiger partial charge in [0.15, 0.2) is 0 Å². The lowest BCUT2D eigenvalue weighted by molar-refractivity contribution is -0.129. The fraction of sp³-hybridized carbons (Fsp3) is 0.400. The maximum atomic E-state index is 12.3. The van der Waals surface area contributed by atoms with Crippen LogP contribution in [-0.4, -0.2) is 50.7 Å². The highest BCUT2D eigenvalue weighted by Crippen LogP contribution is 2.33. The lowest BCUT2D eigenvalue weighted by Crippen LogP contribution is -2.53. The number of hydroxylamine groups is 3. The van der Waals surface area contributed by atoms with E-state index in [0.717, 1.165) is 12.8 Å². The zero-order valence-corrected chi connectivity index (χ0v) is 16.5. The Bertz CT molecular complexity index is 834. The van der Waals surface area contributed by atoms with E-state index in [9.17, 15) is 9.59 Å². The maximum absolute atomic E-state index is 12.3. The van der Waals surface area contributed by atoms with Crippen molar-refractivity contribution in [2.24, 2.45) is 5.92 Å². The number of anilines is 1. The smallest absolute Gasteiger partial charge is 0.357 e. The molecular weight excluding hydrogens is 374 g/mol. The van der Waals surface area contributed by atoms with Crippen LogP contribution in [0.25, 0.3) is 0 Å². The Morgan fingerprint density at radius 3 is 2.28 bits per heavy atom. The largest absolute Gasteiger partial charge is 0.364 e. The Labute approximate surface area is 169 Å². The van der Waals surface area contributed by atoms with Gasteiger partial charge < -0.3 is 10.2 Å². The summed E-state index contributed by atoms with van der Waals surface area (Å²) in [4.78, 5) is 37.6. The summed E-state index contributed by atoms with van der Waals surface area (Å²) in [6, 6.07) is 8.91. The molecule has 0 bridgehead atoms. The lowest BCUT2D eigenvalue weighted by Gasteiger charge is -2.44. The number of rotatable bonds is 6. The summed E-state index contributed by atoms with van der Waals surface area (Å²) in [5.74, 6) is -0.346. The van der Waals surface area contributed by atoms with Crippen LogP contribution in [0.2, 0.25) is 0 Å². The number of nitrogens with zero attached hydrogens (tertiary/aromatic N) is 3. The van der Waals surface area contributed by atoms with E-state index in [4.69, 9.17) is 10.0 Å². The van der Waals surface area contributed by atoms with Crippen LogP contribution in [0.15, 0.2) is 42.7 Å². The first-order valence-corrected chi connectivity index (χ1v) is 9.50. The summed E-state index contributed by atoms with van der Waals surface area (Å²) in [7, 11) is 0. The highest BCUT2D eigenvalue weighted by molar-refractivity contribution is 5.92. The molecular formula is C20H25N5O4. The molecule has 0 saturated carbocycles. The first-order valence-electron chi connectivity index (χ1n) is 9.50. The van der Waals surface area contributed by atoms with Crippen molar-refractivity contribution in [2.75, 3.05) is 18.4 Å². The van der Waals surface area contributed by atoms with Gasteiger partial charge in [0.1, 0.15) is 0 Å². The van der Waals surface area contributed by atoms with Gasteiger partial charge in [-0.05, 0) is 30.9 Å². The molecule has 0 atom stereocenters. The molecule has 1 aromatic heterocycles. The molecule has 1 amide bonds. The minimum absolute atomic E-state index is 0.166. The highest BCUT2D eigenvalue weighted by atomic mass is 16.7. The Hall–Kier alpha value is -3.04. The topological polar surface area (TPSA) is 117 Å². The zero-order chi connectivity index (χ0) is 20.9. The van der Waals surface area contributed by atoms with Crippen LogP contribution in [0.5, 0.6) is 0 Å². The number of benzene rings is 1. The second-order valence-corrected chi connectivity index (χ2v) is 7.35. The molecule has 0 unspecified atom stereocenters. The molecule has 29 heavy (non-hydrogen) atoms. The first-order chi connectivity index (χ1) is 13.9. The van der Waals surface area contributed by atoms with Gasteiger partial charge in [-0.25, -0.2) is 20.2 Å². The molecule has 0 spiro atoms. The van der Waals surface area contributed by atoms with Gasteiger partial charge in [0.2, 0.25) is 5.95 Å². The van der Waals surface area contributed by atoms with Crippen LogP contribution >= 0.6 is 0 Å². The average molecular weight is 399 g/mol. The number of amides is 1. The number of hydrogen-bond donors (Lipinski definition) is 3. The third-order valence-corrected chi connectivity index (χ3v) is 5.32. The minimum Gasteiger partial charge on any atom is -0.364 e. The monoisotopic (exact) mass is 399 g/mol. The number of nitrogens with one attached hydrogen (secondary N) is 2. The van der Waals surface area contributed by atoms with Gasteiger partial charge in [-0.3, -0.25) is 10.0 Å². The second-order valence-electron chi connectivity index (χ2n) is 7.35. The molecule has 3 N–H and O–H groups in total. The molecule has 0 aliphatic carbocycles. The van der Waals surface area contributed by atoms with E-state index >= 15 is 0 Å². The molecule has 1 aliphatic heterocycles. The van der Waals surface area contributed by atoms with Gasteiger partial charge >= 0.3 is 5.97 Å². The summed E-state index contributed by atoms with van der Waals surface area (Å²) in [6.07, 6.45) is 4.17. The number of aromatic nitrogens is 2. The Balaban J connectivity index is 1.62. The molecule has 0 radical (unpaired) electrons. The standard InChI is InChI=1S/C20H25N5O4/c1-14(2)20(23-19-21-12-16(13-22-19)17(26)24-28)8-10-25(11-9-20)29-18(27)15-6-4-3-5-7-15/h3-7,12-14,28H,8-11H2,1-2H3,(H,24,26)(H,21,22,23). The van der Waals surface area contributed by atoms with Gasteiger partial charge in [0.25, 0.3) is 5.91 Å². The third-order valence-electron chi connectivity index (χ3n) is 5.32. The summed E-state index contributed by atoms with van der Waals surface area (Å²) >= 11 is 0. The quantitative estimate of drug-likeness (QED) is 0.500. The van der Waals surface area contributed by atoms with E-state index < -0.39 is 5.91 Å². The number of hydrogen-bond acceptors (Lipinski definition) is 8. The maximum Gasteiger partial charge on any atom is 0.357 e. The Kier molecular flexibility index (Phi) is 6.40. The summed E-state index contributed by atoms with van der Waals surface area (Å²) in [5, 5.41) is 13.8. The molecule has 9 heteroatoms. The molecule has 1 aromatic carbocycles. The number of piperidine rings is 1. The average Bonchev–Trinajstić information content (AvgIpc) is 2.75. The molecule has 2 aromatic rings. The normalized spacial score (nSPS) is 16.3. The van der Waals surface area contributed by atoms with Crippen molar-refractivity contribution in [1.82, 2.24) is 20.5 Å². The number of carbonyl (C=O) groups excluding carboxylic acids is 2. The predicted octanol–water partition coefficient (Wildman–Crippen LogP) is 2.27. The fourth-order valence-corrected chi connectivity index (χ4v) is 3.36. The summed E-state index contributed by atoms with van der Waals surface area (Å²) < 4.78 is 0. The van der Waals surface area contributed by atoms with Crippen LogP contribution < -0.4 is 10.8 Å². The van der Waals surface area contributed by atoms with Crippen molar-refractivity contribution in [3.63, 3.8) is 0 Å². The number of carbonyl (C=O) groups is 2. The van der Waals surface area contributed by atoms with Crippen molar-refractivity contribution >= 4 is 17.8 Å². The van der Waals surface area contributed by atoms with E-state index in [2.05, 4.69) is 29.1 Å². The van der Waals surface area contributed by atoms with Crippen LogP contribution in [0.4, 0.5) is 5.95 Å².